The van der Waals surface area contributed by atoms with Gasteiger partial charge in [0.2, 0.25) is 5.91 Å². The molecule has 0 fully saturated rings. The average Bonchev–Trinajstić information content (AvgIpc) is 2.49. The molecule has 0 aliphatic carbocycles. The number of anilines is 1. The summed E-state index contributed by atoms with van der Waals surface area (Å²) in [5.41, 5.74) is 0.981. The number of benzene rings is 2. The van der Waals surface area contributed by atoms with Gasteiger partial charge in [0, 0.05) is 27.6 Å². The lowest BCUT2D eigenvalue weighted by Gasteiger charge is -2.08. The van der Waals surface area contributed by atoms with E-state index in [4.69, 9.17) is 28.3 Å². The third kappa shape index (κ3) is 5.06. The molecule has 0 unspecified atom stereocenters. The number of rotatable bonds is 6. The van der Waals surface area contributed by atoms with Crippen molar-refractivity contribution in [2.45, 2.75) is 5.75 Å². The zero-order valence-electron chi connectivity index (χ0n) is 12.3. The van der Waals surface area contributed by atoms with Crippen LogP contribution in [0.1, 0.15) is 15.9 Å². The van der Waals surface area contributed by atoms with Gasteiger partial charge in [-0.1, -0.05) is 29.3 Å². The zero-order chi connectivity index (χ0) is 17.7. The standard InChI is InChI=1S/C16H13Cl2NO4S/c17-10-2-1-9(13(18)5-10)7-24-8-15(21)19-11-3-4-12(16(22)23)14(20)6-11/h1-6,20H,7-8H2,(H,19,21)(H,22,23). The number of aromatic carboxylic acids is 1. The Labute approximate surface area is 152 Å². The molecule has 0 saturated heterocycles. The number of aromatic hydroxyl groups is 1. The molecule has 0 spiro atoms. The van der Waals surface area contributed by atoms with Crippen LogP contribution in [0.2, 0.25) is 10.0 Å². The van der Waals surface area contributed by atoms with Crippen molar-refractivity contribution >= 4 is 52.5 Å². The predicted octanol–water partition coefficient (Wildman–Crippen LogP) is 4.27. The number of carboxylic acids is 1. The van der Waals surface area contributed by atoms with Crippen molar-refractivity contribution in [3.8, 4) is 5.75 Å². The molecule has 0 bridgehead atoms. The first-order valence-corrected chi connectivity index (χ1v) is 8.65. The Kier molecular flexibility index (Phi) is 6.36. The molecule has 0 aliphatic rings. The molecule has 0 heterocycles. The maximum atomic E-state index is 11.9. The van der Waals surface area contributed by atoms with Crippen molar-refractivity contribution in [3.05, 3.63) is 57.6 Å². The van der Waals surface area contributed by atoms with Gasteiger partial charge < -0.3 is 15.5 Å². The Bertz CT molecular complexity index is 783. The van der Waals surface area contributed by atoms with E-state index in [1.165, 1.54) is 30.0 Å². The third-order valence-corrected chi connectivity index (χ3v) is 4.59. The van der Waals surface area contributed by atoms with Gasteiger partial charge >= 0.3 is 5.97 Å². The first kappa shape index (κ1) is 18.4. The quantitative estimate of drug-likeness (QED) is 0.690. The van der Waals surface area contributed by atoms with Crippen LogP contribution in [0, 0.1) is 0 Å². The first-order valence-electron chi connectivity index (χ1n) is 6.74. The lowest BCUT2D eigenvalue weighted by molar-refractivity contribution is -0.113. The van der Waals surface area contributed by atoms with Gasteiger partial charge in [-0.15, -0.1) is 11.8 Å². The molecule has 2 rings (SSSR count). The minimum absolute atomic E-state index is 0.181. The van der Waals surface area contributed by atoms with Crippen LogP contribution < -0.4 is 5.32 Å². The van der Waals surface area contributed by atoms with Gasteiger partial charge in [-0.2, -0.15) is 0 Å². The minimum Gasteiger partial charge on any atom is -0.507 e. The average molecular weight is 386 g/mol. The smallest absolute Gasteiger partial charge is 0.339 e. The Morgan fingerprint density at radius 2 is 1.88 bits per heavy atom. The van der Waals surface area contributed by atoms with E-state index in [2.05, 4.69) is 5.32 Å². The highest BCUT2D eigenvalue weighted by molar-refractivity contribution is 7.99. The van der Waals surface area contributed by atoms with Crippen LogP contribution in [0.5, 0.6) is 5.75 Å². The monoisotopic (exact) mass is 385 g/mol. The molecule has 0 aliphatic heterocycles. The summed E-state index contributed by atoms with van der Waals surface area (Å²) in [5, 5.41) is 22.1. The number of halogens is 2. The summed E-state index contributed by atoms with van der Waals surface area (Å²) in [6.07, 6.45) is 0. The molecule has 2 aromatic carbocycles. The molecule has 126 valence electrons. The molecule has 1 amide bonds. The maximum absolute atomic E-state index is 11.9. The summed E-state index contributed by atoms with van der Waals surface area (Å²) < 4.78 is 0. The van der Waals surface area contributed by atoms with Crippen molar-refractivity contribution < 1.29 is 19.8 Å². The SMILES string of the molecule is O=C(CSCc1ccc(Cl)cc1Cl)Nc1ccc(C(=O)O)c(O)c1. The largest absolute Gasteiger partial charge is 0.507 e. The van der Waals surface area contributed by atoms with E-state index in [1.807, 2.05) is 0 Å². The normalized spacial score (nSPS) is 10.4. The molecule has 0 radical (unpaired) electrons. The Morgan fingerprint density at radius 1 is 1.12 bits per heavy atom. The van der Waals surface area contributed by atoms with Gasteiger partial charge in [0.05, 0.1) is 5.75 Å². The summed E-state index contributed by atoms with van der Waals surface area (Å²) in [6, 6.07) is 9.03. The second kappa shape index (κ2) is 8.28. The molecule has 0 saturated carbocycles. The van der Waals surface area contributed by atoms with Crippen LogP contribution in [0.15, 0.2) is 36.4 Å². The summed E-state index contributed by atoms with van der Waals surface area (Å²) in [7, 11) is 0. The number of thioether (sulfide) groups is 1. The van der Waals surface area contributed by atoms with Crippen LogP contribution in [0.25, 0.3) is 0 Å². The second-order valence-corrected chi connectivity index (χ2v) is 6.64. The summed E-state index contributed by atoms with van der Waals surface area (Å²) in [5.74, 6) is -1.18. The summed E-state index contributed by atoms with van der Waals surface area (Å²) >= 11 is 13.3. The maximum Gasteiger partial charge on any atom is 0.339 e. The van der Waals surface area contributed by atoms with Crippen LogP contribution in [0.3, 0.4) is 0 Å². The predicted molar refractivity (Wildman–Crippen MR) is 96.3 cm³/mol. The molecule has 5 nitrogen and oxygen atoms in total. The van der Waals surface area contributed by atoms with Gasteiger partial charge in [0.1, 0.15) is 11.3 Å². The fraction of sp³-hybridized carbons (Fsp3) is 0.125. The van der Waals surface area contributed by atoms with E-state index in [-0.39, 0.29) is 17.2 Å². The van der Waals surface area contributed by atoms with Crippen LogP contribution >= 0.6 is 35.0 Å². The zero-order valence-corrected chi connectivity index (χ0v) is 14.6. The number of amides is 1. The number of hydrogen-bond acceptors (Lipinski definition) is 4. The van der Waals surface area contributed by atoms with Gasteiger partial charge in [0.15, 0.2) is 0 Å². The Balaban J connectivity index is 1.87. The van der Waals surface area contributed by atoms with Crippen molar-refractivity contribution in [2.24, 2.45) is 0 Å². The molecular formula is C16H13Cl2NO4S. The molecule has 2 aromatic rings. The summed E-state index contributed by atoms with van der Waals surface area (Å²) in [6.45, 7) is 0. The second-order valence-electron chi connectivity index (χ2n) is 4.81. The number of nitrogens with one attached hydrogen (secondary N) is 1. The van der Waals surface area contributed by atoms with Crippen molar-refractivity contribution in [3.63, 3.8) is 0 Å². The number of carbonyl (C=O) groups excluding carboxylic acids is 1. The lowest BCUT2D eigenvalue weighted by Crippen LogP contribution is -2.14. The van der Waals surface area contributed by atoms with Gasteiger partial charge in [-0.05, 0) is 29.8 Å². The highest BCUT2D eigenvalue weighted by Gasteiger charge is 2.11. The van der Waals surface area contributed by atoms with Gasteiger partial charge in [-0.25, -0.2) is 4.79 Å². The Morgan fingerprint density at radius 3 is 2.50 bits per heavy atom. The van der Waals surface area contributed by atoms with Crippen molar-refractivity contribution in [1.82, 2.24) is 0 Å². The third-order valence-electron chi connectivity index (χ3n) is 3.02. The van der Waals surface area contributed by atoms with Gasteiger partial charge in [-0.3, -0.25) is 4.79 Å². The summed E-state index contributed by atoms with van der Waals surface area (Å²) in [4.78, 5) is 22.7. The number of carbonyl (C=O) groups is 2. The molecule has 0 aromatic heterocycles. The van der Waals surface area contributed by atoms with Gasteiger partial charge in [0.25, 0.3) is 0 Å². The van der Waals surface area contributed by atoms with E-state index in [0.717, 1.165) is 5.56 Å². The molecular weight excluding hydrogens is 373 g/mol. The van der Waals surface area contributed by atoms with E-state index < -0.39 is 11.7 Å². The Hall–Kier alpha value is -1.89. The van der Waals surface area contributed by atoms with Crippen LogP contribution in [0.4, 0.5) is 5.69 Å². The van der Waals surface area contributed by atoms with Crippen molar-refractivity contribution in [1.29, 1.82) is 0 Å². The number of phenols is 1. The fourth-order valence-electron chi connectivity index (χ4n) is 1.88. The molecule has 0 atom stereocenters. The number of carboxylic acid groups (broad SMARTS) is 1. The molecule has 8 heteroatoms. The topological polar surface area (TPSA) is 86.6 Å². The van der Waals surface area contributed by atoms with E-state index in [9.17, 15) is 14.7 Å². The molecule has 24 heavy (non-hydrogen) atoms. The highest BCUT2D eigenvalue weighted by Crippen LogP contribution is 2.25. The lowest BCUT2D eigenvalue weighted by atomic mass is 10.2. The number of hydrogen-bond donors (Lipinski definition) is 3. The van der Waals surface area contributed by atoms with Crippen molar-refractivity contribution in [2.75, 3.05) is 11.1 Å². The minimum atomic E-state index is -1.24. The van der Waals surface area contributed by atoms with E-state index in [1.54, 1.807) is 18.2 Å². The van der Waals surface area contributed by atoms with E-state index in [0.29, 0.717) is 21.5 Å². The van der Waals surface area contributed by atoms with Crippen LogP contribution in [-0.4, -0.2) is 27.8 Å². The highest BCUT2D eigenvalue weighted by atomic mass is 35.5. The fourth-order valence-corrected chi connectivity index (χ4v) is 3.27. The van der Waals surface area contributed by atoms with Crippen LogP contribution in [-0.2, 0) is 10.5 Å². The van der Waals surface area contributed by atoms with E-state index >= 15 is 0 Å². The molecule has 3 N–H and O–H groups in total. The first-order chi connectivity index (χ1) is 11.4.